The summed E-state index contributed by atoms with van der Waals surface area (Å²) in [5.74, 6) is 0.662. The lowest BCUT2D eigenvalue weighted by Gasteiger charge is -2.22. The molecule has 0 spiro atoms. The van der Waals surface area contributed by atoms with Crippen molar-refractivity contribution < 1.29 is 14.1 Å². The first-order valence-electron chi connectivity index (χ1n) is 8.22. The van der Waals surface area contributed by atoms with E-state index in [1.807, 2.05) is 13.8 Å². The van der Waals surface area contributed by atoms with E-state index >= 15 is 0 Å². The molecule has 1 saturated heterocycles. The molecule has 3 heterocycles. The van der Waals surface area contributed by atoms with Crippen LogP contribution in [0, 0.1) is 13.8 Å². The van der Waals surface area contributed by atoms with Crippen LogP contribution in [0.25, 0.3) is 0 Å². The minimum absolute atomic E-state index is 0.0316. The zero-order chi connectivity index (χ0) is 17.8. The normalized spacial score (nSPS) is 15.3. The van der Waals surface area contributed by atoms with Crippen molar-refractivity contribution in [3.05, 3.63) is 23.3 Å². The highest BCUT2D eigenvalue weighted by atomic mass is 16.5. The van der Waals surface area contributed by atoms with E-state index in [9.17, 15) is 9.59 Å². The molecule has 0 bridgehead atoms. The van der Waals surface area contributed by atoms with Crippen LogP contribution in [0.3, 0.4) is 0 Å². The van der Waals surface area contributed by atoms with Crippen LogP contribution < -0.4 is 0 Å². The zero-order valence-electron chi connectivity index (χ0n) is 14.4. The van der Waals surface area contributed by atoms with Gasteiger partial charge in [-0.2, -0.15) is 0 Å². The quantitative estimate of drug-likeness (QED) is 0.739. The van der Waals surface area contributed by atoms with Gasteiger partial charge in [0.25, 0.3) is 0 Å². The smallest absolute Gasteiger partial charge is 0.244 e. The Balaban J connectivity index is 1.56. The maximum absolute atomic E-state index is 12.6. The summed E-state index contributed by atoms with van der Waals surface area (Å²) in [7, 11) is 0. The van der Waals surface area contributed by atoms with E-state index < -0.39 is 0 Å². The van der Waals surface area contributed by atoms with Crippen molar-refractivity contribution in [3.63, 3.8) is 0 Å². The number of nitrogens with zero attached hydrogens (tertiary/aromatic N) is 7. The lowest BCUT2D eigenvalue weighted by molar-refractivity contribution is -0.133. The van der Waals surface area contributed by atoms with Crippen LogP contribution in [-0.4, -0.2) is 73.2 Å². The van der Waals surface area contributed by atoms with Gasteiger partial charge >= 0.3 is 0 Å². The topological polar surface area (TPSA) is 110 Å². The van der Waals surface area contributed by atoms with Gasteiger partial charge in [0.2, 0.25) is 11.8 Å². The second-order valence-corrected chi connectivity index (χ2v) is 6.10. The van der Waals surface area contributed by atoms with Gasteiger partial charge in [0.05, 0.1) is 12.1 Å². The molecule has 0 atom stereocenters. The molecule has 2 aromatic rings. The number of amides is 2. The Morgan fingerprint density at radius 3 is 2.44 bits per heavy atom. The summed E-state index contributed by atoms with van der Waals surface area (Å²) < 4.78 is 6.51. The van der Waals surface area contributed by atoms with Crippen LogP contribution in [0.5, 0.6) is 0 Å². The number of aryl methyl sites for hydroxylation is 2. The van der Waals surface area contributed by atoms with E-state index in [1.54, 1.807) is 9.80 Å². The van der Waals surface area contributed by atoms with Gasteiger partial charge in [-0.05, 0) is 30.7 Å². The molecule has 1 aliphatic rings. The monoisotopic (exact) mass is 347 g/mol. The molecule has 2 aromatic heterocycles. The van der Waals surface area contributed by atoms with Crippen LogP contribution in [0.2, 0.25) is 0 Å². The minimum Gasteiger partial charge on any atom is -0.361 e. The molecule has 0 aliphatic carbocycles. The third-order valence-corrected chi connectivity index (χ3v) is 4.40. The number of tetrazole rings is 1. The molecule has 0 N–H and O–H groups in total. The van der Waals surface area contributed by atoms with Gasteiger partial charge in [0, 0.05) is 31.7 Å². The Morgan fingerprint density at radius 1 is 1.12 bits per heavy atom. The van der Waals surface area contributed by atoms with Gasteiger partial charge in [-0.25, -0.2) is 4.68 Å². The number of aromatic nitrogens is 5. The first kappa shape index (κ1) is 17.1. The van der Waals surface area contributed by atoms with Crippen molar-refractivity contribution in [1.82, 2.24) is 35.2 Å². The molecule has 10 nitrogen and oxygen atoms in total. The predicted octanol–water partition coefficient (Wildman–Crippen LogP) is -0.418. The lowest BCUT2D eigenvalue weighted by Crippen LogP contribution is -2.39. The van der Waals surface area contributed by atoms with Gasteiger partial charge in [0.15, 0.2) is 0 Å². The average Bonchev–Trinajstić information content (AvgIpc) is 3.11. The fraction of sp³-hybridized carbons (Fsp3) is 0.600. The number of rotatable bonds is 4. The number of hydrogen-bond acceptors (Lipinski definition) is 7. The second kappa shape index (κ2) is 7.41. The van der Waals surface area contributed by atoms with E-state index in [1.165, 1.54) is 11.0 Å². The summed E-state index contributed by atoms with van der Waals surface area (Å²) in [5, 5.41) is 14.6. The highest BCUT2D eigenvalue weighted by Crippen LogP contribution is 2.15. The van der Waals surface area contributed by atoms with Crippen molar-refractivity contribution in [1.29, 1.82) is 0 Å². The van der Waals surface area contributed by atoms with Gasteiger partial charge < -0.3 is 14.3 Å². The number of carbonyl (C=O) groups excluding carboxylic acids is 2. The zero-order valence-corrected chi connectivity index (χ0v) is 14.4. The van der Waals surface area contributed by atoms with Gasteiger partial charge in [0.1, 0.15) is 18.6 Å². The SMILES string of the molecule is Cc1noc(C)c1CC(=O)N1CCCN(C(=O)Cn2cnnn2)CC1. The Bertz CT molecular complexity index is 721. The number of hydrogen-bond donors (Lipinski definition) is 0. The van der Waals surface area contributed by atoms with Crippen molar-refractivity contribution in [2.75, 3.05) is 26.2 Å². The standard InChI is InChI=1S/C15H21N7O3/c1-11-13(12(2)25-17-11)8-14(23)20-4-3-5-21(7-6-20)15(24)9-22-10-16-18-19-22/h10H,3-9H2,1-2H3. The van der Waals surface area contributed by atoms with E-state index in [4.69, 9.17) is 4.52 Å². The molecule has 134 valence electrons. The summed E-state index contributed by atoms with van der Waals surface area (Å²) in [6.07, 6.45) is 2.43. The van der Waals surface area contributed by atoms with Crippen LogP contribution in [-0.2, 0) is 22.6 Å². The molecule has 10 heteroatoms. The second-order valence-electron chi connectivity index (χ2n) is 6.10. The molecule has 2 amide bonds. The highest BCUT2D eigenvalue weighted by molar-refractivity contribution is 5.79. The Kier molecular flexibility index (Phi) is 5.05. The molecule has 0 unspecified atom stereocenters. The van der Waals surface area contributed by atoms with Gasteiger partial charge in [-0.15, -0.1) is 5.10 Å². The highest BCUT2D eigenvalue weighted by Gasteiger charge is 2.24. The molecule has 1 fully saturated rings. The maximum atomic E-state index is 12.6. The van der Waals surface area contributed by atoms with E-state index in [0.717, 1.165) is 17.7 Å². The largest absolute Gasteiger partial charge is 0.361 e. The molecular weight excluding hydrogens is 326 g/mol. The number of carbonyl (C=O) groups is 2. The van der Waals surface area contributed by atoms with E-state index in [-0.39, 0.29) is 24.8 Å². The van der Waals surface area contributed by atoms with E-state index in [2.05, 4.69) is 20.7 Å². The first-order valence-corrected chi connectivity index (χ1v) is 8.22. The third kappa shape index (κ3) is 4.01. The first-order chi connectivity index (χ1) is 12.0. The summed E-state index contributed by atoms with van der Waals surface area (Å²) >= 11 is 0. The van der Waals surface area contributed by atoms with Crippen molar-refractivity contribution in [2.24, 2.45) is 0 Å². The molecule has 0 radical (unpaired) electrons. The minimum atomic E-state index is -0.0488. The molecular formula is C15H21N7O3. The van der Waals surface area contributed by atoms with Crippen molar-refractivity contribution in [3.8, 4) is 0 Å². The van der Waals surface area contributed by atoms with Crippen LogP contribution >= 0.6 is 0 Å². The van der Waals surface area contributed by atoms with Crippen LogP contribution in [0.15, 0.2) is 10.9 Å². The van der Waals surface area contributed by atoms with Crippen LogP contribution in [0.1, 0.15) is 23.4 Å². The molecule has 0 saturated carbocycles. The van der Waals surface area contributed by atoms with Crippen molar-refractivity contribution >= 4 is 11.8 Å². The summed E-state index contributed by atoms with van der Waals surface area (Å²) in [6.45, 7) is 6.04. The summed E-state index contributed by atoms with van der Waals surface area (Å²) in [6, 6.07) is 0. The molecule has 0 aromatic carbocycles. The van der Waals surface area contributed by atoms with E-state index in [0.29, 0.717) is 31.9 Å². The summed E-state index contributed by atoms with van der Waals surface area (Å²) in [4.78, 5) is 28.5. The lowest BCUT2D eigenvalue weighted by atomic mass is 10.1. The van der Waals surface area contributed by atoms with Crippen molar-refractivity contribution in [2.45, 2.75) is 33.2 Å². The average molecular weight is 347 g/mol. The Labute approximate surface area is 144 Å². The fourth-order valence-electron chi connectivity index (χ4n) is 2.92. The molecule has 3 rings (SSSR count). The Hall–Kier alpha value is -2.78. The fourth-order valence-corrected chi connectivity index (χ4v) is 2.92. The molecule has 1 aliphatic heterocycles. The van der Waals surface area contributed by atoms with Crippen LogP contribution in [0.4, 0.5) is 0 Å². The predicted molar refractivity (Wildman–Crippen MR) is 85.3 cm³/mol. The van der Waals surface area contributed by atoms with Gasteiger partial charge in [-0.1, -0.05) is 5.16 Å². The molecule has 25 heavy (non-hydrogen) atoms. The Morgan fingerprint density at radius 2 is 1.84 bits per heavy atom. The maximum Gasteiger partial charge on any atom is 0.244 e. The summed E-state index contributed by atoms with van der Waals surface area (Å²) in [5.41, 5.74) is 1.60. The van der Waals surface area contributed by atoms with Gasteiger partial charge in [-0.3, -0.25) is 9.59 Å². The third-order valence-electron chi connectivity index (χ3n) is 4.40.